The molecule has 0 heterocycles. The van der Waals surface area contributed by atoms with Gasteiger partial charge in [-0.3, -0.25) is 14.8 Å². The number of hydrogen-bond donors (Lipinski definition) is 3. The summed E-state index contributed by atoms with van der Waals surface area (Å²) in [7, 11) is 0. The van der Waals surface area contributed by atoms with Crippen LogP contribution in [0.4, 0.5) is 0 Å². The number of hydroxylamine groups is 1. The summed E-state index contributed by atoms with van der Waals surface area (Å²) >= 11 is 0. The molecule has 1 aromatic rings. The number of benzene rings is 1. The Balaban J connectivity index is 0.00000134. The van der Waals surface area contributed by atoms with Gasteiger partial charge in [0, 0.05) is 0 Å². The molecule has 0 bridgehead atoms. The molecule has 6 heteroatoms. The third-order valence-electron chi connectivity index (χ3n) is 4.36. The number of carbonyl (C=O) groups excluding carboxylic acids is 2. The number of rotatable bonds is 4. The molecule has 0 radical (unpaired) electrons. The van der Waals surface area contributed by atoms with Gasteiger partial charge in [0.2, 0.25) is 11.8 Å². The molecule has 1 saturated carbocycles. The number of hydrazone groups is 1. The van der Waals surface area contributed by atoms with E-state index in [0.717, 1.165) is 11.1 Å². The van der Waals surface area contributed by atoms with E-state index in [9.17, 15) is 9.59 Å². The van der Waals surface area contributed by atoms with Crippen molar-refractivity contribution in [3.8, 4) is 0 Å². The highest BCUT2D eigenvalue weighted by Crippen LogP contribution is 2.63. The first kappa shape index (κ1) is 22.8. The molecule has 140 valence electrons. The Morgan fingerprint density at radius 1 is 1.04 bits per heavy atom. The Morgan fingerprint density at radius 2 is 1.52 bits per heavy atom. The normalized spacial score (nSPS) is 23.5. The number of amides is 2. The van der Waals surface area contributed by atoms with E-state index in [1.54, 1.807) is 25.5 Å². The lowest BCUT2D eigenvalue weighted by Gasteiger charge is -2.14. The largest absolute Gasteiger partial charge is 0.289 e. The number of nitrogens with one attached hydrogen (secondary N) is 2. The molecule has 2 rings (SSSR count). The van der Waals surface area contributed by atoms with Crippen LogP contribution < -0.4 is 10.9 Å². The van der Waals surface area contributed by atoms with Crippen molar-refractivity contribution in [3.63, 3.8) is 0 Å². The van der Waals surface area contributed by atoms with E-state index in [2.05, 4.69) is 10.5 Å². The Morgan fingerprint density at radius 3 is 2.00 bits per heavy atom. The van der Waals surface area contributed by atoms with E-state index in [1.165, 1.54) is 0 Å². The minimum absolute atomic E-state index is 0.336. The average molecular weight is 349 g/mol. The van der Waals surface area contributed by atoms with E-state index < -0.39 is 16.7 Å². The molecule has 2 atom stereocenters. The minimum Gasteiger partial charge on any atom is -0.289 e. The highest BCUT2D eigenvalue weighted by molar-refractivity contribution is 5.98. The van der Waals surface area contributed by atoms with Gasteiger partial charge in [-0.15, -0.1) is 0 Å². The molecule has 6 nitrogen and oxygen atoms in total. The second-order valence-corrected chi connectivity index (χ2v) is 5.89. The summed E-state index contributed by atoms with van der Waals surface area (Å²) in [5.74, 6) is -0.889. The Bertz CT molecular complexity index is 598. The second-order valence-electron chi connectivity index (χ2n) is 5.89. The van der Waals surface area contributed by atoms with Crippen molar-refractivity contribution in [1.29, 1.82) is 0 Å². The van der Waals surface area contributed by atoms with Crippen LogP contribution in [0.3, 0.4) is 0 Å². The summed E-state index contributed by atoms with van der Waals surface area (Å²) in [6.45, 7) is 13.3. The minimum atomic E-state index is -0.898. The van der Waals surface area contributed by atoms with E-state index in [0.29, 0.717) is 6.42 Å². The SMILES string of the molecule is CC.CC.Cc1ccc(/C=N/NC(=O)C2(C)CC2(C)C(=O)NO)cc1. The summed E-state index contributed by atoms with van der Waals surface area (Å²) in [4.78, 5) is 23.7. The van der Waals surface area contributed by atoms with Crippen LogP contribution in [0.25, 0.3) is 0 Å². The van der Waals surface area contributed by atoms with Gasteiger partial charge in [0.15, 0.2) is 0 Å². The number of nitrogens with zero attached hydrogens (tertiary/aromatic N) is 1. The van der Waals surface area contributed by atoms with Crippen LogP contribution >= 0.6 is 0 Å². The van der Waals surface area contributed by atoms with Gasteiger partial charge < -0.3 is 0 Å². The topological polar surface area (TPSA) is 90.8 Å². The van der Waals surface area contributed by atoms with Crippen LogP contribution in [0.15, 0.2) is 29.4 Å². The van der Waals surface area contributed by atoms with Gasteiger partial charge in [0.25, 0.3) is 0 Å². The average Bonchev–Trinajstić information content (AvgIpc) is 3.23. The summed E-state index contributed by atoms with van der Waals surface area (Å²) in [6.07, 6.45) is 1.92. The lowest BCUT2D eigenvalue weighted by molar-refractivity contribution is -0.139. The molecule has 0 aliphatic heterocycles. The molecule has 1 aromatic carbocycles. The fourth-order valence-corrected chi connectivity index (χ4v) is 2.39. The van der Waals surface area contributed by atoms with Crippen molar-refractivity contribution in [2.24, 2.45) is 15.9 Å². The molecule has 1 aliphatic rings. The molecule has 3 N–H and O–H groups in total. The molecule has 25 heavy (non-hydrogen) atoms. The summed E-state index contributed by atoms with van der Waals surface area (Å²) < 4.78 is 0. The quantitative estimate of drug-likeness (QED) is 0.442. The van der Waals surface area contributed by atoms with Gasteiger partial charge >= 0.3 is 0 Å². The second kappa shape index (κ2) is 9.93. The zero-order valence-electron chi connectivity index (χ0n) is 16.3. The standard InChI is InChI=1S/C15H19N3O3.2C2H6/c1-10-4-6-11(7-5-10)8-16-17-12(19)14(2)9-15(14,3)13(20)18-21;2*1-2/h4-8,21H,9H2,1-3H3,(H,17,19)(H,18,20);2*1-2H3/b16-8+;;. The summed E-state index contributed by atoms with van der Waals surface area (Å²) in [5.41, 5.74) is 4.32. The van der Waals surface area contributed by atoms with E-state index >= 15 is 0 Å². The van der Waals surface area contributed by atoms with E-state index in [1.807, 2.05) is 58.9 Å². The van der Waals surface area contributed by atoms with Crippen LogP contribution in [0.2, 0.25) is 0 Å². The zero-order valence-corrected chi connectivity index (χ0v) is 16.3. The van der Waals surface area contributed by atoms with Gasteiger partial charge in [-0.25, -0.2) is 10.9 Å². The first-order valence-corrected chi connectivity index (χ1v) is 8.68. The van der Waals surface area contributed by atoms with Crippen LogP contribution in [-0.2, 0) is 9.59 Å². The van der Waals surface area contributed by atoms with Crippen LogP contribution in [0.1, 0.15) is 59.1 Å². The maximum Gasteiger partial charge on any atom is 0.250 e. The first-order valence-electron chi connectivity index (χ1n) is 8.68. The Hall–Kier alpha value is -2.21. The smallest absolute Gasteiger partial charge is 0.250 e. The van der Waals surface area contributed by atoms with E-state index in [4.69, 9.17) is 5.21 Å². The fourth-order valence-electron chi connectivity index (χ4n) is 2.39. The maximum absolute atomic E-state index is 12.1. The summed E-state index contributed by atoms with van der Waals surface area (Å²) in [6, 6.07) is 7.70. The van der Waals surface area contributed by atoms with Crippen molar-refractivity contribution in [2.45, 2.75) is 54.9 Å². The van der Waals surface area contributed by atoms with Gasteiger partial charge in [0.1, 0.15) is 0 Å². The molecular formula is C19H31N3O3. The highest BCUT2D eigenvalue weighted by Gasteiger charge is 2.70. The predicted octanol–water partition coefficient (Wildman–Crippen LogP) is 3.42. The lowest BCUT2D eigenvalue weighted by atomic mass is 9.95. The van der Waals surface area contributed by atoms with Crippen molar-refractivity contribution >= 4 is 18.0 Å². The van der Waals surface area contributed by atoms with Crippen molar-refractivity contribution in [2.75, 3.05) is 0 Å². The van der Waals surface area contributed by atoms with Crippen LogP contribution in [0.5, 0.6) is 0 Å². The monoisotopic (exact) mass is 349 g/mol. The molecule has 0 spiro atoms. The molecule has 2 amide bonds. The summed E-state index contributed by atoms with van der Waals surface area (Å²) in [5, 5.41) is 12.6. The van der Waals surface area contributed by atoms with Crippen LogP contribution in [0, 0.1) is 17.8 Å². The molecular weight excluding hydrogens is 318 g/mol. The predicted molar refractivity (Wildman–Crippen MR) is 100 cm³/mol. The van der Waals surface area contributed by atoms with Crippen LogP contribution in [-0.4, -0.2) is 23.2 Å². The van der Waals surface area contributed by atoms with Crippen molar-refractivity contribution < 1.29 is 14.8 Å². The first-order chi connectivity index (χ1) is 11.8. The highest BCUT2D eigenvalue weighted by atomic mass is 16.5. The third kappa shape index (κ3) is 5.13. The zero-order chi connectivity index (χ0) is 19.7. The molecule has 0 aromatic heterocycles. The van der Waals surface area contributed by atoms with Crippen molar-refractivity contribution in [3.05, 3.63) is 35.4 Å². The molecule has 1 aliphatic carbocycles. The van der Waals surface area contributed by atoms with Gasteiger partial charge in [-0.05, 0) is 32.8 Å². The van der Waals surface area contributed by atoms with Crippen molar-refractivity contribution in [1.82, 2.24) is 10.9 Å². The number of carbonyl (C=O) groups is 2. The maximum atomic E-state index is 12.1. The number of aryl methyl sites for hydroxylation is 1. The van der Waals surface area contributed by atoms with E-state index in [-0.39, 0.29) is 5.91 Å². The van der Waals surface area contributed by atoms with Gasteiger partial charge in [-0.1, -0.05) is 57.5 Å². The van der Waals surface area contributed by atoms with Gasteiger partial charge in [-0.2, -0.15) is 5.10 Å². The number of hydrogen-bond acceptors (Lipinski definition) is 4. The molecule has 1 fully saturated rings. The van der Waals surface area contributed by atoms with Gasteiger partial charge in [0.05, 0.1) is 17.0 Å². The Labute approximate surface area is 150 Å². The Kier molecular flexibility index (Phi) is 9.06. The lowest BCUT2D eigenvalue weighted by Crippen LogP contribution is -2.37. The molecule has 0 saturated heterocycles. The molecule has 2 unspecified atom stereocenters. The third-order valence-corrected chi connectivity index (χ3v) is 4.36. The fraction of sp³-hybridized carbons (Fsp3) is 0.526.